The highest BCUT2D eigenvalue weighted by atomic mass is 16.4. The van der Waals surface area contributed by atoms with Crippen LogP contribution in [0, 0.1) is 0 Å². The van der Waals surface area contributed by atoms with Crippen LogP contribution in [0.4, 0.5) is 10.5 Å². The molecule has 0 radical (unpaired) electrons. The second-order valence-electron chi connectivity index (χ2n) is 8.63. The van der Waals surface area contributed by atoms with Gasteiger partial charge in [0.15, 0.2) is 5.78 Å². The molecule has 0 bridgehead atoms. The van der Waals surface area contributed by atoms with Crippen LogP contribution in [0.5, 0.6) is 0 Å². The van der Waals surface area contributed by atoms with Crippen LogP contribution in [-0.2, 0) is 16.0 Å². The fourth-order valence-corrected chi connectivity index (χ4v) is 4.48. The summed E-state index contributed by atoms with van der Waals surface area (Å²) in [6.07, 6.45) is 1.12. The molecule has 0 aliphatic carbocycles. The van der Waals surface area contributed by atoms with Crippen LogP contribution in [0.1, 0.15) is 40.4 Å². The Kier molecular flexibility index (Phi) is 7.75. The van der Waals surface area contributed by atoms with Crippen molar-refractivity contribution in [1.82, 2.24) is 10.2 Å². The van der Waals surface area contributed by atoms with Gasteiger partial charge in [-0.25, -0.2) is 9.59 Å². The molecule has 1 aliphatic rings. The molecule has 1 fully saturated rings. The van der Waals surface area contributed by atoms with E-state index in [9.17, 15) is 24.3 Å². The van der Waals surface area contributed by atoms with Crippen molar-refractivity contribution in [2.24, 2.45) is 0 Å². The molecule has 184 valence electrons. The minimum atomic E-state index is -1.07. The average Bonchev–Trinajstić information content (AvgIpc) is 3.34. The van der Waals surface area contributed by atoms with Crippen molar-refractivity contribution in [2.75, 3.05) is 11.9 Å². The monoisotopic (exact) mass is 485 g/mol. The Hall–Kier alpha value is -4.46. The van der Waals surface area contributed by atoms with Gasteiger partial charge in [0.1, 0.15) is 6.04 Å². The molecule has 36 heavy (non-hydrogen) atoms. The first-order chi connectivity index (χ1) is 17.4. The van der Waals surface area contributed by atoms with Gasteiger partial charge >= 0.3 is 12.0 Å². The molecule has 3 amide bonds. The number of carboxylic acid groups (broad SMARTS) is 1. The number of hydrogen-bond donors (Lipinski definition) is 3. The van der Waals surface area contributed by atoms with E-state index in [0.717, 1.165) is 11.1 Å². The highest BCUT2D eigenvalue weighted by molar-refractivity contribution is 5.99. The Bertz CT molecular complexity index is 1250. The van der Waals surface area contributed by atoms with Crippen molar-refractivity contribution in [3.8, 4) is 0 Å². The first-order valence-corrected chi connectivity index (χ1v) is 11.7. The number of nitrogens with one attached hydrogen (secondary N) is 2. The molecule has 3 aromatic rings. The number of Topliss-reactive ketones (excluding diaryl/α,β-unsaturated/α-hetero) is 1. The van der Waals surface area contributed by atoms with Gasteiger partial charge in [-0.05, 0) is 36.1 Å². The van der Waals surface area contributed by atoms with E-state index in [1.54, 1.807) is 24.3 Å². The number of hydrogen-bond acceptors (Lipinski definition) is 4. The zero-order valence-electron chi connectivity index (χ0n) is 19.6. The normalized spacial score (nSPS) is 16.8. The molecule has 8 heteroatoms. The number of anilines is 1. The molecule has 1 heterocycles. The third-order valence-electron chi connectivity index (χ3n) is 6.19. The number of urea groups is 1. The summed E-state index contributed by atoms with van der Waals surface area (Å²) in [7, 11) is 0. The number of carboxylic acids is 1. The first kappa shape index (κ1) is 24.7. The lowest BCUT2D eigenvalue weighted by Crippen LogP contribution is -2.47. The molecule has 2 unspecified atom stereocenters. The predicted octanol–water partition coefficient (Wildman–Crippen LogP) is 4.05. The van der Waals surface area contributed by atoms with Crippen LogP contribution in [0.15, 0.2) is 84.9 Å². The molecule has 3 N–H and O–H groups in total. The fourth-order valence-electron chi connectivity index (χ4n) is 4.48. The first-order valence-electron chi connectivity index (χ1n) is 11.7. The van der Waals surface area contributed by atoms with Gasteiger partial charge in [-0.2, -0.15) is 0 Å². The molecule has 1 aliphatic heterocycles. The third-order valence-corrected chi connectivity index (χ3v) is 6.19. The summed E-state index contributed by atoms with van der Waals surface area (Å²) in [4.78, 5) is 51.2. The molecular weight excluding hydrogens is 458 g/mol. The van der Waals surface area contributed by atoms with Crippen LogP contribution in [0.25, 0.3) is 0 Å². The lowest BCUT2D eigenvalue weighted by molar-refractivity contribution is -0.149. The van der Waals surface area contributed by atoms with Gasteiger partial charge in [0.25, 0.3) is 0 Å². The Labute approximate surface area is 208 Å². The summed E-state index contributed by atoms with van der Waals surface area (Å²) in [5.74, 6) is -1.62. The zero-order valence-corrected chi connectivity index (χ0v) is 19.6. The lowest BCUT2D eigenvalue weighted by atomic mass is 10.0. The number of nitrogens with zero attached hydrogens (tertiary/aromatic N) is 1. The Morgan fingerprint density at radius 2 is 1.56 bits per heavy atom. The Balaban J connectivity index is 1.36. The number of aliphatic carboxylic acids is 1. The van der Waals surface area contributed by atoms with Crippen molar-refractivity contribution in [3.63, 3.8) is 0 Å². The summed E-state index contributed by atoms with van der Waals surface area (Å²) >= 11 is 0. The summed E-state index contributed by atoms with van der Waals surface area (Å²) in [5, 5.41) is 14.8. The SMILES string of the molecule is O=C(NCC(=O)N1C(C(=O)O)CCC1c1ccccc1)Nc1cccc(C(=O)Cc2ccccc2)c1. The van der Waals surface area contributed by atoms with Gasteiger partial charge in [0, 0.05) is 17.7 Å². The number of benzene rings is 3. The van der Waals surface area contributed by atoms with E-state index in [2.05, 4.69) is 10.6 Å². The largest absolute Gasteiger partial charge is 0.480 e. The number of ketones is 1. The second kappa shape index (κ2) is 11.3. The highest BCUT2D eigenvalue weighted by Crippen LogP contribution is 2.36. The number of carbonyl (C=O) groups is 4. The summed E-state index contributed by atoms with van der Waals surface area (Å²) in [5.41, 5.74) is 2.62. The van der Waals surface area contributed by atoms with Gasteiger partial charge in [0.05, 0.1) is 12.6 Å². The minimum Gasteiger partial charge on any atom is -0.480 e. The third kappa shape index (κ3) is 5.96. The summed E-state index contributed by atoms with van der Waals surface area (Å²) < 4.78 is 0. The second-order valence-corrected chi connectivity index (χ2v) is 8.63. The van der Waals surface area contributed by atoms with E-state index in [4.69, 9.17) is 0 Å². The van der Waals surface area contributed by atoms with Crippen LogP contribution in [-0.4, -0.2) is 46.3 Å². The minimum absolute atomic E-state index is 0.0823. The van der Waals surface area contributed by atoms with E-state index in [1.165, 1.54) is 4.90 Å². The van der Waals surface area contributed by atoms with Gasteiger partial charge in [-0.1, -0.05) is 72.8 Å². The number of carbonyl (C=O) groups excluding carboxylic acids is 3. The van der Waals surface area contributed by atoms with Crippen molar-refractivity contribution in [3.05, 3.63) is 102 Å². The number of amides is 3. The molecule has 0 spiro atoms. The van der Waals surface area contributed by atoms with Crippen molar-refractivity contribution < 1.29 is 24.3 Å². The Morgan fingerprint density at radius 3 is 2.25 bits per heavy atom. The molecule has 1 saturated heterocycles. The summed E-state index contributed by atoms with van der Waals surface area (Å²) in [6, 6.07) is 23.3. The molecule has 2 atom stereocenters. The molecule has 3 aromatic carbocycles. The summed E-state index contributed by atoms with van der Waals surface area (Å²) in [6.45, 7) is -0.356. The lowest BCUT2D eigenvalue weighted by Gasteiger charge is -2.28. The molecule has 0 aromatic heterocycles. The quantitative estimate of drug-likeness (QED) is 0.416. The van der Waals surface area contributed by atoms with Crippen molar-refractivity contribution in [2.45, 2.75) is 31.3 Å². The van der Waals surface area contributed by atoms with E-state index < -0.39 is 23.9 Å². The van der Waals surface area contributed by atoms with Crippen molar-refractivity contribution in [1.29, 1.82) is 0 Å². The number of likely N-dealkylation sites (tertiary alicyclic amines) is 1. The molecule has 4 rings (SSSR count). The fraction of sp³-hybridized carbons (Fsp3) is 0.214. The highest BCUT2D eigenvalue weighted by Gasteiger charge is 2.41. The van der Waals surface area contributed by atoms with Crippen LogP contribution < -0.4 is 10.6 Å². The maximum absolute atomic E-state index is 13.0. The maximum atomic E-state index is 13.0. The van der Waals surface area contributed by atoms with Gasteiger partial charge in [0.2, 0.25) is 5.91 Å². The van der Waals surface area contributed by atoms with Crippen molar-refractivity contribution >= 4 is 29.4 Å². The Morgan fingerprint density at radius 1 is 0.861 bits per heavy atom. The van der Waals surface area contributed by atoms with Gasteiger partial charge in [-0.15, -0.1) is 0 Å². The van der Waals surface area contributed by atoms with Gasteiger partial charge < -0.3 is 20.6 Å². The van der Waals surface area contributed by atoms with Crippen LogP contribution in [0.3, 0.4) is 0 Å². The zero-order chi connectivity index (χ0) is 25.5. The van der Waals surface area contributed by atoms with Crippen LogP contribution >= 0.6 is 0 Å². The van der Waals surface area contributed by atoms with E-state index in [0.29, 0.717) is 24.1 Å². The maximum Gasteiger partial charge on any atom is 0.326 e. The standard InChI is InChI=1S/C28H27N3O5/c32-25(16-19-8-3-1-4-9-19)21-12-7-13-22(17-21)30-28(36)29-18-26(33)31-23(14-15-24(31)27(34)35)20-10-5-2-6-11-20/h1-13,17,23-24H,14-16,18H2,(H,34,35)(H2,29,30,36). The van der Waals surface area contributed by atoms with Gasteiger partial charge in [-0.3, -0.25) is 9.59 Å². The molecular formula is C28H27N3O5. The molecule has 8 nitrogen and oxygen atoms in total. The average molecular weight is 486 g/mol. The van der Waals surface area contributed by atoms with E-state index >= 15 is 0 Å². The predicted molar refractivity (Wildman–Crippen MR) is 135 cm³/mol. The topological polar surface area (TPSA) is 116 Å². The molecule has 0 saturated carbocycles. The number of rotatable bonds is 8. The smallest absolute Gasteiger partial charge is 0.326 e. The van der Waals surface area contributed by atoms with E-state index in [-0.39, 0.29) is 24.8 Å². The van der Waals surface area contributed by atoms with Crippen LogP contribution in [0.2, 0.25) is 0 Å². The van der Waals surface area contributed by atoms with E-state index in [1.807, 2.05) is 60.7 Å².